The minimum absolute atomic E-state index is 0.376. The van der Waals surface area contributed by atoms with Crippen molar-refractivity contribution >= 4 is 44.9 Å². The summed E-state index contributed by atoms with van der Waals surface area (Å²) in [6, 6.07) is 2.19. The van der Waals surface area contributed by atoms with Crippen LogP contribution < -0.4 is 0 Å². The van der Waals surface area contributed by atoms with E-state index in [0.717, 1.165) is 15.8 Å². The molecule has 19 heavy (non-hydrogen) atoms. The molecule has 2 aromatic heterocycles. The molecule has 0 amide bonds. The van der Waals surface area contributed by atoms with Crippen LogP contribution in [0.25, 0.3) is 10.2 Å². The van der Waals surface area contributed by atoms with Crippen LogP contribution in [-0.4, -0.2) is 15.2 Å². The van der Waals surface area contributed by atoms with E-state index in [0.29, 0.717) is 10.5 Å². The maximum absolute atomic E-state index is 6.05. The monoisotopic (exact) mass is 312 g/mol. The Morgan fingerprint density at radius 2 is 2.21 bits per heavy atom. The lowest BCUT2D eigenvalue weighted by Gasteiger charge is -2.25. The van der Waals surface area contributed by atoms with Gasteiger partial charge in [0.1, 0.15) is 9.86 Å². The maximum atomic E-state index is 6.05. The first kappa shape index (κ1) is 13.7. The van der Waals surface area contributed by atoms with Crippen LogP contribution in [0.3, 0.4) is 0 Å². The van der Waals surface area contributed by atoms with Gasteiger partial charge in [0.05, 0.1) is 0 Å². The standard InChI is InChI=1S/C14H17ClN2S2/c1-8-4-3-5-10(6-8)19-13-11-7-9(2)18-12(11)16-14(15)17-13/h7-8,10H,3-6H2,1-2H3. The molecule has 1 aliphatic rings. The van der Waals surface area contributed by atoms with Gasteiger partial charge in [-0.05, 0) is 43.4 Å². The van der Waals surface area contributed by atoms with Crippen molar-refractivity contribution in [3.63, 3.8) is 0 Å². The van der Waals surface area contributed by atoms with Gasteiger partial charge in [0.15, 0.2) is 0 Å². The predicted octanol–water partition coefficient (Wildman–Crippen LogP) is 5.32. The Balaban J connectivity index is 1.91. The van der Waals surface area contributed by atoms with Gasteiger partial charge in [-0.3, -0.25) is 0 Å². The molecule has 0 radical (unpaired) electrons. The number of fused-ring (bicyclic) bond motifs is 1. The minimum Gasteiger partial charge on any atom is -0.211 e. The van der Waals surface area contributed by atoms with Crippen molar-refractivity contribution in [2.24, 2.45) is 5.92 Å². The maximum Gasteiger partial charge on any atom is 0.224 e. The van der Waals surface area contributed by atoms with E-state index in [2.05, 4.69) is 29.9 Å². The van der Waals surface area contributed by atoms with Crippen LogP contribution >= 0.6 is 34.7 Å². The molecule has 1 fully saturated rings. The van der Waals surface area contributed by atoms with Crippen molar-refractivity contribution in [3.05, 3.63) is 16.2 Å². The van der Waals surface area contributed by atoms with Crippen LogP contribution in [-0.2, 0) is 0 Å². The van der Waals surface area contributed by atoms with Crippen molar-refractivity contribution in [3.8, 4) is 0 Å². The summed E-state index contributed by atoms with van der Waals surface area (Å²) in [6.45, 7) is 4.46. The molecule has 0 aliphatic heterocycles. The van der Waals surface area contributed by atoms with E-state index >= 15 is 0 Å². The molecule has 1 aliphatic carbocycles. The molecule has 2 atom stereocenters. The zero-order valence-corrected chi connectivity index (χ0v) is 13.5. The Bertz CT molecular complexity index is 596. The molecule has 0 spiro atoms. The smallest absolute Gasteiger partial charge is 0.211 e. The first-order chi connectivity index (χ1) is 9.11. The summed E-state index contributed by atoms with van der Waals surface area (Å²) in [6.07, 6.45) is 5.29. The number of aryl methyl sites for hydroxylation is 1. The highest BCUT2D eigenvalue weighted by molar-refractivity contribution is 8.00. The number of thioether (sulfide) groups is 1. The van der Waals surface area contributed by atoms with Crippen LogP contribution in [0.4, 0.5) is 0 Å². The average molecular weight is 313 g/mol. The molecule has 5 heteroatoms. The summed E-state index contributed by atoms with van der Waals surface area (Å²) in [7, 11) is 0. The van der Waals surface area contributed by atoms with Gasteiger partial charge in [-0.25, -0.2) is 9.97 Å². The van der Waals surface area contributed by atoms with E-state index in [1.807, 2.05) is 11.8 Å². The number of aromatic nitrogens is 2. The number of nitrogens with zero attached hydrogens (tertiary/aromatic N) is 2. The number of hydrogen-bond donors (Lipinski definition) is 0. The zero-order chi connectivity index (χ0) is 13.4. The zero-order valence-electron chi connectivity index (χ0n) is 11.1. The van der Waals surface area contributed by atoms with E-state index in [-0.39, 0.29) is 0 Å². The van der Waals surface area contributed by atoms with Crippen molar-refractivity contribution in [2.45, 2.75) is 49.8 Å². The van der Waals surface area contributed by atoms with Crippen molar-refractivity contribution in [1.29, 1.82) is 0 Å². The second-order valence-corrected chi connectivity index (χ2v) is 8.25. The van der Waals surface area contributed by atoms with E-state index in [4.69, 9.17) is 11.6 Å². The molecular weight excluding hydrogens is 296 g/mol. The SMILES string of the molecule is Cc1cc2c(SC3CCCC(C)C3)nc(Cl)nc2s1. The first-order valence-electron chi connectivity index (χ1n) is 6.72. The van der Waals surface area contributed by atoms with Gasteiger partial charge in [0.25, 0.3) is 0 Å². The molecular formula is C14H17ClN2S2. The Labute approximate surface area is 127 Å². The largest absolute Gasteiger partial charge is 0.224 e. The molecule has 0 bridgehead atoms. The lowest BCUT2D eigenvalue weighted by Crippen LogP contribution is -2.15. The van der Waals surface area contributed by atoms with Crippen molar-refractivity contribution in [1.82, 2.24) is 9.97 Å². The summed E-state index contributed by atoms with van der Waals surface area (Å²) < 4.78 is 0. The third-order valence-electron chi connectivity index (χ3n) is 3.62. The second kappa shape index (κ2) is 5.58. The lowest BCUT2D eigenvalue weighted by atomic mass is 9.91. The van der Waals surface area contributed by atoms with E-state index in [1.54, 1.807) is 11.3 Å². The first-order valence-corrected chi connectivity index (χ1v) is 8.79. The molecule has 2 aromatic rings. The Morgan fingerprint density at radius 3 is 3.00 bits per heavy atom. The third-order valence-corrected chi connectivity index (χ3v) is 6.03. The fourth-order valence-corrected chi connectivity index (χ4v) is 5.38. The topological polar surface area (TPSA) is 25.8 Å². The molecule has 2 nitrogen and oxygen atoms in total. The molecule has 102 valence electrons. The molecule has 2 unspecified atom stereocenters. The third kappa shape index (κ3) is 3.06. The van der Waals surface area contributed by atoms with Gasteiger partial charge in [-0.15, -0.1) is 23.1 Å². The normalized spacial score (nSPS) is 23.9. The van der Waals surface area contributed by atoms with Crippen LogP contribution in [0.15, 0.2) is 11.1 Å². The van der Waals surface area contributed by atoms with Gasteiger partial charge >= 0.3 is 0 Å². The van der Waals surface area contributed by atoms with Gasteiger partial charge in [-0.2, -0.15) is 0 Å². The highest BCUT2D eigenvalue weighted by Gasteiger charge is 2.22. The number of rotatable bonds is 2. The van der Waals surface area contributed by atoms with Crippen molar-refractivity contribution in [2.75, 3.05) is 0 Å². The summed E-state index contributed by atoms with van der Waals surface area (Å²) in [5.41, 5.74) is 0. The van der Waals surface area contributed by atoms with Gasteiger partial charge in [-0.1, -0.05) is 19.8 Å². The van der Waals surface area contributed by atoms with Gasteiger partial charge in [0, 0.05) is 15.5 Å². The summed E-state index contributed by atoms with van der Waals surface area (Å²) in [4.78, 5) is 11.1. The molecule has 0 aromatic carbocycles. The van der Waals surface area contributed by atoms with E-state index < -0.39 is 0 Å². The molecule has 1 saturated carbocycles. The van der Waals surface area contributed by atoms with Gasteiger partial charge < -0.3 is 0 Å². The molecule has 2 heterocycles. The number of hydrogen-bond acceptors (Lipinski definition) is 4. The van der Waals surface area contributed by atoms with E-state index in [9.17, 15) is 0 Å². The number of thiophene rings is 1. The summed E-state index contributed by atoms with van der Waals surface area (Å²) >= 11 is 9.64. The summed E-state index contributed by atoms with van der Waals surface area (Å²) in [5.74, 6) is 0.836. The van der Waals surface area contributed by atoms with Crippen LogP contribution in [0.5, 0.6) is 0 Å². The minimum atomic E-state index is 0.376. The van der Waals surface area contributed by atoms with Crippen LogP contribution in [0, 0.1) is 12.8 Å². The molecule has 0 N–H and O–H groups in total. The number of halogens is 1. The van der Waals surface area contributed by atoms with Crippen molar-refractivity contribution < 1.29 is 0 Å². The fourth-order valence-electron chi connectivity index (χ4n) is 2.72. The Kier molecular flexibility index (Phi) is 4.01. The molecule has 0 saturated heterocycles. The average Bonchev–Trinajstić information content (AvgIpc) is 2.69. The van der Waals surface area contributed by atoms with Gasteiger partial charge in [0.2, 0.25) is 5.28 Å². The highest BCUT2D eigenvalue weighted by atomic mass is 35.5. The van der Waals surface area contributed by atoms with Crippen LogP contribution in [0.1, 0.15) is 37.5 Å². The van der Waals surface area contributed by atoms with Crippen LogP contribution in [0.2, 0.25) is 5.28 Å². The van der Waals surface area contributed by atoms with E-state index in [1.165, 1.54) is 35.9 Å². The molecule has 3 rings (SSSR count). The lowest BCUT2D eigenvalue weighted by molar-refractivity contribution is 0.394. The quantitative estimate of drug-likeness (QED) is 0.554. The second-order valence-electron chi connectivity index (χ2n) is 5.39. The fraction of sp³-hybridized carbons (Fsp3) is 0.571. The Hall–Kier alpha value is -0.320. The highest BCUT2D eigenvalue weighted by Crippen LogP contribution is 2.39. The Morgan fingerprint density at radius 1 is 1.37 bits per heavy atom. The summed E-state index contributed by atoms with van der Waals surface area (Å²) in [5, 5.41) is 3.30. The predicted molar refractivity (Wildman–Crippen MR) is 84.4 cm³/mol.